The van der Waals surface area contributed by atoms with Gasteiger partial charge in [0, 0.05) is 0 Å². The maximum Gasteiger partial charge on any atom is 0.139 e. The number of carbonyl (C=O) groups excluding carboxylic acids is 1. The molecule has 3 atom stereocenters. The fraction of sp³-hybridized carbons (Fsp3) is 0.800. The average Bonchev–Trinajstić information content (AvgIpc) is 2.00. The molecule has 0 rings (SSSR count). The topological polar surface area (TPSA) is 104 Å². The summed E-state index contributed by atoms with van der Waals surface area (Å²) in [4.78, 5) is 9.89. The number of rotatable bonds is 4. The molecule has 0 spiro atoms. The molecule has 0 fully saturated rings. The van der Waals surface area contributed by atoms with Gasteiger partial charge >= 0.3 is 0 Å². The van der Waals surface area contributed by atoms with E-state index < -0.39 is 24.9 Å². The van der Waals surface area contributed by atoms with Crippen LogP contribution in [0.3, 0.4) is 0 Å². The van der Waals surface area contributed by atoms with E-state index in [1.54, 1.807) is 0 Å². The highest BCUT2D eigenvalue weighted by Gasteiger charge is 2.21. The Labute approximate surface area is 58.1 Å². The SMILES string of the molecule is N[C@H](C=O)[C@H](O)[C@H](O)CO. The molecule has 5 heteroatoms. The predicted molar refractivity (Wildman–Crippen MR) is 33.1 cm³/mol. The van der Waals surface area contributed by atoms with Crippen LogP contribution in [-0.2, 0) is 4.79 Å². The van der Waals surface area contributed by atoms with E-state index in [1.807, 2.05) is 0 Å². The Morgan fingerprint density at radius 3 is 2.30 bits per heavy atom. The second kappa shape index (κ2) is 4.35. The van der Waals surface area contributed by atoms with Gasteiger partial charge in [-0.25, -0.2) is 0 Å². The molecule has 0 aliphatic carbocycles. The zero-order valence-electron chi connectivity index (χ0n) is 5.34. The maximum absolute atomic E-state index is 9.89. The molecule has 0 aromatic rings. The van der Waals surface area contributed by atoms with Crippen molar-refractivity contribution in [3.63, 3.8) is 0 Å². The summed E-state index contributed by atoms with van der Waals surface area (Å²) in [5, 5.41) is 25.8. The molecule has 0 unspecified atom stereocenters. The lowest BCUT2D eigenvalue weighted by atomic mass is 10.1. The highest BCUT2D eigenvalue weighted by atomic mass is 16.4. The lowest BCUT2D eigenvalue weighted by Gasteiger charge is -2.17. The smallest absolute Gasteiger partial charge is 0.139 e. The van der Waals surface area contributed by atoms with E-state index in [4.69, 9.17) is 21.1 Å². The fourth-order valence-electron chi connectivity index (χ4n) is 0.445. The molecule has 0 bridgehead atoms. The van der Waals surface area contributed by atoms with Crippen molar-refractivity contribution in [2.24, 2.45) is 5.73 Å². The Balaban J connectivity index is 3.80. The van der Waals surface area contributed by atoms with Gasteiger partial charge in [0.2, 0.25) is 0 Å². The number of hydrogen-bond acceptors (Lipinski definition) is 5. The van der Waals surface area contributed by atoms with E-state index >= 15 is 0 Å². The first kappa shape index (κ1) is 9.51. The summed E-state index contributed by atoms with van der Waals surface area (Å²) in [5.74, 6) is 0. The summed E-state index contributed by atoms with van der Waals surface area (Å²) in [6, 6.07) is -1.14. The van der Waals surface area contributed by atoms with Gasteiger partial charge in [0.05, 0.1) is 12.6 Å². The Morgan fingerprint density at radius 2 is 2.00 bits per heavy atom. The molecule has 0 saturated heterocycles. The lowest BCUT2D eigenvalue weighted by Crippen LogP contribution is -2.45. The number of nitrogens with two attached hydrogens (primary N) is 1. The Morgan fingerprint density at radius 1 is 1.50 bits per heavy atom. The second-order valence-electron chi connectivity index (χ2n) is 1.95. The van der Waals surface area contributed by atoms with Crippen LogP contribution in [0, 0.1) is 0 Å². The van der Waals surface area contributed by atoms with Crippen molar-refractivity contribution in [1.29, 1.82) is 0 Å². The molecule has 5 nitrogen and oxygen atoms in total. The van der Waals surface area contributed by atoms with Gasteiger partial charge in [0.15, 0.2) is 0 Å². The molecule has 0 aliphatic heterocycles. The largest absolute Gasteiger partial charge is 0.394 e. The summed E-state index contributed by atoms with van der Waals surface area (Å²) >= 11 is 0. The molecule has 10 heavy (non-hydrogen) atoms. The van der Waals surface area contributed by atoms with Crippen LogP contribution in [0.25, 0.3) is 0 Å². The zero-order chi connectivity index (χ0) is 8.15. The summed E-state index contributed by atoms with van der Waals surface area (Å²) in [6.07, 6.45) is -2.42. The van der Waals surface area contributed by atoms with Crippen LogP contribution in [-0.4, -0.2) is 46.5 Å². The quantitative estimate of drug-likeness (QED) is 0.324. The van der Waals surface area contributed by atoms with Crippen LogP contribution in [0.4, 0.5) is 0 Å². The summed E-state index contributed by atoms with van der Waals surface area (Å²) in [5.41, 5.74) is 5.00. The average molecular weight is 149 g/mol. The van der Waals surface area contributed by atoms with Crippen LogP contribution in [0.1, 0.15) is 0 Å². The fourth-order valence-corrected chi connectivity index (χ4v) is 0.445. The first-order valence-corrected chi connectivity index (χ1v) is 2.81. The molecule has 5 N–H and O–H groups in total. The highest BCUT2D eigenvalue weighted by molar-refractivity contribution is 5.58. The minimum atomic E-state index is -1.39. The first-order chi connectivity index (χ1) is 4.63. The van der Waals surface area contributed by atoms with Crippen molar-refractivity contribution >= 4 is 6.29 Å². The third kappa shape index (κ3) is 2.40. The first-order valence-electron chi connectivity index (χ1n) is 2.81. The number of carbonyl (C=O) groups is 1. The Bertz CT molecular complexity index is 108. The van der Waals surface area contributed by atoms with Crippen molar-refractivity contribution in [2.75, 3.05) is 6.61 Å². The van der Waals surface area contributed by atoms with Gasteiger partial charge in [0.1, 0.15) is 18.5 Å². The molecular weight excluding hydrogens is 138 g/mol. The van der Waals surface area contributed by atoms with Gasteiger partial charge in [-0.15, -0.1) is 0 Å². The van der Waals surface area contributed by atoms with Gasteiger partial charge in [-0.2, -0.15) is 0 Å². The molecule has 0 aliphatic rings. The normalized spacial score (nSPS) is 19.6. The molecule has 60 valence electrons. The number of aliphatic hydroxyl groups is 3. The zero-order valence-corrected chi connectivity index (χ0v) is 5.34. The molecule has 0 aromatic carbocycles. The van der Waals surface area contributed by atoms with Crippen LogP contribution in [0.15, 0.2) is 0 Å². The monoisotopic (exact) mass is 149 g/mol. The standard InChI is InChI=1S/C5H11NO4/c6-3(1-7)5(10)4(9)2-8/h1,3-5,8-10H,2,6H2/t3-,4-,5+/m1/s1. The second-order valence-corrected chi connectivity index (χ2v) is 1.95. The molecule has 0 amide bonds. The minimum absolute atomic E-state index is 0.309. The molecule has 0 saturated carbocycles. The molecule has 0 aromatic heterocycles. The predicted octanol–water partition coefficient (Wildman–Crippen LogP) is -2.77. The highest BCUT2D eigenvalue weighted by Crippen LogP contribution is 1.94. The van der Waals surface area contributed by atoms with Gasteiger partial charge in [-0.3, -0.25) is 0 Å². The lowest BCUT2D eigenvalue weighted by molar-refractivity contribution is -0.114. The third-order valence-corrected chi connectivity index (χ3v) is 1.13. The van der Waals surface area contributed by atoms with E-state index in [0.717, 1.165) is 0 Å². The summed E-state index contributed by atoms with van der Waals surface area (Å²) in [6.45, 7) is -0.608. The summed E-state index contributed by atoms with van der Waals surface area (Å²) < 4.78 is 0. The van der Waals surface area contributed by atoms with Gasteiger partial charge in [-0.05, 0) is 0 Å². The molecular formula is C5H11NO4. The molecule has 0 heterocycles. The van der Waals surface area contributed by atoms with E-state index in [1.165, 1.54) is 0 Å². The van der Waals surface area contributed by atoms with Crippen molar-refractivity contribution in [3.8, 4) is 0 Å². The van der Waals surface area contributed by atoms with E-state index in [-0.39, 0.29) is 0 Å². The van der Waals surface area contributed by atoms with Crippen LogP contribution in [0.2, 0.25) is 0 Å². The van der Waals surface area contributed by atoms with Gasteiger partial charge in [0.25, 0.3) is 0 Å². The van der Waals surface area contributed by atoms with E-state index in [0.29, 0.717) is 6.29 Å². The number of aliphatic hydroxyl groups excluding tert-OH is 3. The van der Waals surface area contributed by atoms with Crippen LogP contribution < -0.4 is 5.73 Å². The van der Waals surface area contributed by atoms with Crippen molar-refractivity contribution in [3.05, 3.63) is 0 Å². The van der Waals surface area contributed by atoms with E-state index in [2.05, 4.69) is 0 Å². The van der Waals surface area contributed by atoms with Crippen molar-refractivity contribution in [1.82, 2.24) is 0 Å². The van der Waals surface area contributed by atoms with Crippen molar-refractivity contribution in [2.45, 2.75) is 18.2 Å². The Kier molecular flexibility index (Phi) is 4.13. The van der Waals surface area contributed by atoms with Gasteiger partial charge in [-0.1, -0.05) is 0 Å². The maximum atomic E-state index is 9.89. The summed E-state index contributed by atoms with van der Waals surface area (Å²) in [7, 11) is 0. The van der Waals surface area contributed by atoms with Gasteiger partial charge < -0.3 is 25.8 Å². The van der Waals surface area contributed by atoms with Crippen LogP contribution in [0.5, 0.6) is 0 Å². The van der Waals surface area contributed by atoms with Crippen LogP contribution >= 0.6 is 0 Å². The van der Waals surface area contributed by atoms with E-state index in [9.17, 15) is 4.79 Å². The number of hydrogen-bond donors (Lipinski definition) is 4. The third-order valence-electron chi connectivity index (χ3n) is 1.13. The minimum Gasteiger partial charge on any atom is -0.394 e. The Hall–Kier alpha value is -0.490. The molecule has 0 radical (unpaired) electrons. The van der Waals surface area contributed by atoms with Crippen molar-refractivity contribution < 1.29 is 20.1 Å². The number of aldehydes is 1.